The number of thiocarbonyl (C=S) groups is 1. The molecule has 0 bridgehead atoms. The van der Waals surface area contributed by atoms with E-state index >= 15 is 0 Å². The second-order valence-corrected chi connectivity index (χ2v) is 8.80. The molecular formula is C19H14Cl2N4O3S2. The molecule has 2 saturated heterocycles. The third kappa shape index (κ3) is 4.11. The first-order valence-electron chi connectivity index (χ1n) is 8.93. The Balaban J connectivity index is 1.64. The van der Waals surface area contributed by atoms with Crippen LogP contribution < -0.4 is 15.1 Å². The van der Waals surface area contributed by atoms with Crippen LogP contribution in [0, 0.1) is 0 Å². The molecule has 4 rings (SSSR count). The largest absolute Gasteiger partial charge is 0.347 e. The number of nitrogens with zero attached hydrogens (tertiary/aromatic N) is 3. The summed E-state index contributed by atoms with van der Waals surface area (Å²) in [4.78, 5) is 45.0. The highest BCUT2D eigenvalue weighted by atomic mass is 35.5. The predicted molar refractivity (Wildman–Crippen MR) is 121 cm³/mol. The van der Waals surface area contributed by atoms with Crippen LogP contribution >= 0.6 is 46.8 Å². The molecule has 0 atom stereocenters. The van der Waals surface area contributed by atoms with Gasteiger partial charge in [0.15, 0.2) is 10.2 Å². The van der Waals surface area contributed by atoms with E-state index in [2.05, 4.69) is 10.3 Å². The number of hydrogen-bond donors (Lipinski definition) is 1. The summed E-state index contributed by atoms with van der Waals surface area (Å²) in [6, 6.07) is 6.53. The van der Waals surface area contributed by atoms with Crippen LogP contribution in [0.15, 0.2) is 29.8 Å². The Labute approximate surface area is 191 Å². The molecule has 0 saturated carbocycles. The minimum Gasteiger partial charge on any atom is -0.347 e. The summed E-state index contributed by atoms with van der Waals surface area (Å²) >= 11 is 18.6. The molecule has 30 heavy (non-hydrogen) atoms. The molecule has 2 amide bonds. The Kier molecular flexibility index (Phi) is 5.88. The van der Waals surface area contributed by atoms with Crippen molar-refractivity contribution in [2.45, 2.75) is 12.8 Å². The number of amides is 2. The lowest BCUT2D eigenvalue weighted by Gasteiger charge is -2.28. The van der Waals surface area contributed by atoms with E-state index in [0.717, 1.165) is 0 Å². The molecule has 3 heterocycles. The second-order valence-electron chi connectivity index (χ2n) is 6.61. The number of hydrogen-bond acceptors (Lipinski definition) is 7. The Hall–Kier alpha value is -2.33. The maximum atomic E-state index is 13.1. The first-order valence-corrected chi connectivity index (χ1v) is 10.9. The van der Waals surface area contributed by atoms with Gasteiger partial charge in [0.25, 0.3) is 11.8 Å². The number of halogens is 2. The monoisotopic (exact) mass is 480 g/mol. The fourth-order valence-electron chi connectivity index (χ4n) is 3.09. The predicted octanol–water partition coefficient (Wildman–Crippen LogP) is 3.45. The fourth-order valence-corrected chi connectivity index (χ4v) is 4.75. The quantitative estimate of drug-likeness (QED) is 0.411. The van der Waals surface area contributed by atoms with E-state index in [0.29, 0.717) is 46.6 Å². The van der Waals surface area contributed by atoms with E-state index in [-0.39, 0.29) is 21.6 Å². The minimum absolute atomic E-state index is 0.0152. The van der Waals surface area contributed by atoms with E-state index in [4.69, 9.17) is 35.4 Å². The number of aromatic nitrogens is 1. The molecule has 0 spiro atoms. The van der Waals surface area contributed by atoms with Crippen LogP contribution in [0.25, 0.3) is 6.08 Å². The molecule has 0 aliphatic carbocycles. The molecule has 154 valence electrons. The third-order valence-electron chi connectivity index (χ3n) is 4.65. The van der Waals surface area contributed by atoms with Crippen LogP contribution in [0.5, 0.6) is 0 Å². The second kappa shape index (κ2) is 8.43. The number of Topliss-reactive ketones (excluding diaryl/α,β-unsaturated/α-hetero) is 1. The molecule has 7 nitrogen and oxygen atoms in total. The summed E-state index contributed by atoms with van der Waals surface area (Å²) in [5, 5.41) is 3.86. The van der Waals surface area contributed by atoms with Crippen LogP contribution in [0.3, 0.4) is 0 Å². The van der Waals surface area contributed by atoms with Crippen LogP contribution in [0.2, 0.25) is 10.2 Å². The van der Waals surface area contributed by atoms with Gasteiger partial charge in [-0.05, 0) is 42.6 Å². The van der Waals surface area contributed by atoms with E-state index in [1.54, 1.807) is 24.3 Å². The van der Waals surface area contributed by atoms with Gasteiger partial charge >= 0.3 is 0 Å². The topological polar surface area (TPSA) is 82.6 Å². The van der Waals surface area contributed by atoms with Gasteiger partial charge in [0, 0.05) is 31.0 Å². The Morgan fingerprint density at radius 2 is 1.77 bits per heavy atom. The van der Waals surface area contributed by atoms with Crippen molar-refractivity contribution in [1.29, 1.82) is 0 Å². The minimum atomic E-state index is -0.607. The van der Waals surface area contributed by atoms with Crippen molar-refractivity contribution < 1.29 is 14.4 Å². The number of piperidine rings is 1. The Morgan fingerprint density at radius 1 is 1.10 bits per heavy atom. The average Bonchev–Trinajstić information content (AvgIpc) is 3.07. The highest BCUT2D eigenvalue weighted by Gasteiger charge is 2.35. The number of rotatable bonds is 3. The summed E-state index contributed by atoms with van der Waals surface area (Å²) in [5.41, 5.74) is 0.374. The number of thiazole rings is 1. The molecule has 2 aliphatic heterocycles. The molecule has 1 aromatic carbocycles. The van der Waals surface area contributed by atoms with Crippen molar-refractivity contribution in [3.8, 4) is 0 Å². The number of nitrogens with one attached hydrogen (secondary N) is 1. The number of carbonyl (C=O) groups is 3. The maximum Gasteiger partial charge on any atom is 0.270 e. The zero-order valence-corrected chi connectivity index (χ0v) is 18.5. The van der Waals surface area contributed by atoms with Gasteiger partial charge in [-0.1, -0.05) is 34.5 Å². The number of ketones is 1. The third-order valence-corrected chi connectivity index (χ3v) is 6.65. The van der Waals surface area contributed by atoms with Crippen molar-refractivity contribution in [2.24, 2.45) is 0 Å². The normalized spacial score (nSPS) is 18.9. The highest BCUT2D eigenvalue weighted by Crippen LogP contribution is 2.33. The lowest BCUT2D eigenvalue weighted by molar-refractivity contribution is -0.122. The van der Waals surface area contributed by atoms with Crippen LogP contribution in [0.4, 0.5) is 10.8 Å². The summed E-state index contributed by atoms with van der Waals surface area (Å²) in [6.45, 7) is 1.13. The van der Waals surface area contributed by atoms with Gasteiger partial charge in [0.2, 0.25) is 0 Å². The summed E-state index contributed by atoms with van der Waals surface area (Å²) in [7, 11) is 0. The van der Waals surface area contributed by atoms with E-state index in [9.17, 15) is 14.4 Å². The first kappa shape index (κ1) is 20.9. The van der Waals surface area contributed by atoms with E-state index in [1.165, 1.54) is 22.3 Å². The zero-order valence-electron chi connectivity index (χ0n) is 15.4. The van der Waals surface area contributed by atoms with Gasteiger partial charge in [0.05, 0.1) is 10.6 Å². The molecule has 1 N–H and O–H groups in total. The van der Waals surface area contributed by atoms with Crippen molar-refractivity contribution >= 4 is 86.4 Å². The maximum absolute atomic E-state index is 13.1. The molecule has 0 radical (unpaired) electrons. The first-order chi connectivity index (χ1) is 14.3. The van der Waals surface area contributed by atoms with Crippen LogP contribution in [0.1, 0.15) is 17.7 Å². The highest BCUT2D eigenvalue weighted by molar-refractivity contribution is 7.80. The summed E-state index contributed by atoms with van der Waals surface area (Å²) in [5.74, 6) is -0.954. The van der Waals surface area contributed by atoms with Gasteiger partial charge in [-0.2, -0.15) is 0 Å². The van der Waals surface area contributed by atoms with Gasteiger partial charge in [-0.15, -0.1) is 0 Å². The fraction of sp³-hybridized carbons (Fsp3) is 0.211. The number of benzene rings is 1. The van der Waals surface area contributed by atoms with E-state index in [1.807, 2.05) is 4.90 Å². The number of carbonyl (C=O) groups excluding carboxylic acids is 3. The number of anilines is 2. The molecular weight excluding hydrogens is 467 g/mol. The molecule has 2 aromatic rings. The molecule has 0 unspecified atom stereocenters. The van der Waals surface area contributed by atoms with Crippen LogP contribution in [-0.2, 0) is 14.4 Å². The lowest BCUT2D eigenvalue weighted by atomic mass is 10.1. The molecule has 11 heteroatoms. The molecule has 1 aromatic heterocycles. The SMILES string of the molecule is O=C1CCN(c2nc(Cl)c(C=C3C(=O)NC(=S)N(c4ccc(Cl)cc4)C3=O)s2)CC1. The zero-order chi connectivity index (χ0) is 21.4. The summed E-state index contributed by atoms with van der Waals surface area (Å²) < 4.78 is 0. The van der Waals surface area contributed by atoms with Gasteiger partial charge < -0.3 is 4.90 Å². The standard InChI is InChI=1S/C19H14Cl2N4O3S2/c20-10-1-3-11(4-2-10)25-17(28)13(16(27)23-18(25)29)9-14-15(21)22-19(30-14)24-7-5-12(26)6-8-24/h1-4,9H,5-8H2,(H,23,27,29). The Bertz CT molecular complexity index is 1090. The smallest absolute Gasteiger partial charge is 0.270 e. The molecule has 2 fully saturated rings. The van der Waals surface area contributed by atoms with Gasteiger partial charge in [0.1, 0.15) is 16.5 Å². The molecule has 2 aliphatic rings. The van der Waals surface area contributed by atoms with Crippen molar-refractivity contribution in [2.75, 3.05) is 22.9 Å². The van der Waals surface area contributed by atoms with Crippen molar-refractivity contribution in [1.82, 2.24) is 10.3 Å². The van der Waals surface area contributed by atoms with Gasteiger partial charge in [-0.3, -0.25) is 24.6 Å². The van der Waals surface area contributed by atoms with Crippen molar-refractivity contribution in [3.05, 3.63) is 44.9 Å². The lowest BCUT2D eigenvalue weighted by Crippen LogP contribution is -2.54. The summed E-state index contributed by atoms with van der Waals surface area (Å²) in [6.07, 6.45) is 2.34. The average molecular weight is 481 g/mol. The van der Waals surface area contributed by atoms with E-state index < -0.39 is 11.8 Å². The van der Waals surface area contributed by atoms with Crippen molar-refractivity contribution in [3.63, 3.8) is 0 Å². The Morgan fingerprint density at radius 3 is 2.43 bits per heavy atom. The van der Waals surface area contributed by atoms with Gasteiger partial charge in [-0.25, -0.2) is 4.98 Å². The van der Waals surface area contributed by atoms with Crippen LogP contribution in [-0.4, -0.2) is 40.8 Å².